The van der Waals surface area contributed by atoms with E-state index in [1.807, 2.05) is 0 Å². The summed E-state index contributed by atoms with van der Waals surface area (Å²) in [5.41, 5.74) is 0. The third-order valence-corrected chi connectivity index (χ3v) is 4.83. The Morgan fingerprint density at radius 3 is 1.84 bits per heavy atom. The van der Waals surface area contributed by atoms with E-state index in [2.05, 4.69) is 0 Å². The summed E-state index contributed by atoms with van der Waals surface area (Å²) in [5.74, 6) is 0. The fourth-order valence-electron chi connectivity index (χ4n) is 3.27. The van der Waals surface area contributed by atoms with Gasteiger partial charge in [-0.25, -0.2) is 0 Å². The van der Waals surface area contributed by atoms with Gasteiger partial charge in [-0.15, -0.1) is 0 Å². The Morgan fingerprint density at radius 1 is 0.760 bits per heavy atom. The summed E-state index contributed by atoms with van der Waals surface area (Å²) >= 11 is 0. The zero-order chi connectivity index (χ0) is 18.2. The molecule has 0 N–H and O–H groups in total. The lowest BCUT2D eigenvalue weighted by molar-refractivity contribution is -0.135. The normalized spacial score (nSPS) is 18.6. The predicted molar refractivity (Wildman–Crippen MR) is 95.9 cm³/mol. The average Bonchev–Trinajstić information content (AvgIpc) is 2.58. The van der Waals surface area contributed by atoms with Crippen LogP contribution >= 0.6 is 0 Å². The molecule has 5 heteroatoms. The van der Waals surface area contributed by atoms with Crippen molar-refractivity contribution in [3.05, 3.63) is 0 Å². The summed E-state index contributed by atoms with van der Waals surface area (Å²) < 4.78 is 47.2. The van der Waals surface area contributed by atoms with Crippen molar-refractivity contribution in [2.75, 3.05) is 19.8 Å². The molecule has 1 aliphatic rings. The lowest BCUT2D eigenvalue weighted by Crippen LogP contribution is -2.24. The Bertz CT molecular complexity index is 289. The number of hydrogen-bond donors (Lipinski definition) is 0. The van der Waals surface area contributed by atoms with Crippen molar-refractivity contribution in [2.45, 2.75) is 109 Å². The number of ether oxygens (including phenoxy) is 2. The van der Waals surface area contributed by atoms with Crippen molar-refractivity contribution in [3.63, 3.8) is 0 Å². The second-order valence-electron chi connectivity index (χ2n) is 7.32. The first-order valence-electron chi connectivity index (χ1n) is 10.3. The van der Waals surface area contributed by atoms with Gasteiger partial charge in [0.2, 0.25) is 0 Å². The van der Waals surface area contributed by atoms with Crippen LogP contribution in [0.15, 0.2) is 0 Å². The molecule has 1 heterocycles. The Kier molecular flexibility index (Phi) is 13.5. The lowest BCUT2D eigenvalue weighted by Gasteiger charge is -2.22. The van der Waals surface area contributed by atoms with Crippen LogP contribution in [0.5, 0.6) is 0 Å². The molecule has 1 unspecified atom stereocenters. The molecule has 1 aliphatic heterocycles. The topological polar surface area (TPSA) is 18.5 Å². The second-order valence-corrected chi connectivity index (χ2v) is 7.32. The molecule has 25 heavy (non-hydrogen) atoms. The number of unbranched alkanes of at least 4 members (excludes halogenated alkanes) is 10. The van der Waals surface area contributed by atoms with E-state index in [0.29, 0.717) is 18.9 Å². The van der Waals surface area contributed by atoms with Crippen LogP contribution in [0.4, 0.5) is 13.2 Å². The molecule has 0 spiro atoms. The fourth-order valence-corrected chi connectivity index (χ4v) is 3.27. The molecule has 0 aliphatic carbocycles. The molecule has 1 atom stereocenters. The maximum atomic E-state index is 12.0. The van der Waals surface area contributed by atoms with Gasteiger partial charge >= 0.3 is 6.18 Å². The highest BCUT2D eigenvalue weighted by Gasteiger charge is 2.25. The van der Waals surface area contributed by atoms with E-state index in [1.54, 1.807) is 0 Å². The summed E-state index contributed by atoms with van der Waals surface area (Å²) in [5, 5.41) is 0. The first kappa shape index (κ1) is 22.8. The minimum atomic E-state index is -3.98. The van der Waals surface area contributed by atoms with E-state index >= 15 is 0 Å². The molecular formula is C20H37F3O2. The minimum absolute atomic E-state index is 0.290. The maximum Gasteiger partial charge on any atom is 0.389 e. The summed E-state index contributed by atoms with van der Waals surface area (Å²) in [4.78, 5) is 0. The number of hydrogen-bond acceptors (Lipinski definition) is 2. The van der Waals surface area contributed by atoms with Gasteiger partial charge in [-0.3, -0.25) is 0 Å². The van der Waals surface area contributed by atoms with Crippen LogP contribution in [0.25, 0.3) is 0 Å². The van der Waals surface area contributed by atoms with Gasteiger partial charge in [0.1, 0.15) is 0 Å². The molecule has 0 bridgehead atoms. The Morgan fingerprint density at radius 2 is 1.32 bits per heavy atom. The predicted octanol–water partition coefficient (Wildman–Crippen LogP) is 6.82. The van der Waals surface area contributed by atoms with Crippen LogP contribution in [-0.2, 0) is 9.47 Å². The van der Waals surface area contributed by atoms with E-state index in [4.69, 9.17) is 9.47 Å². The van der Waals surface area contributed by atoms with E-state index in [9.17, 15) is 13.2 Å². The highest BCUT2D eigenvalue weighted by atomic mass is 19.4. The van der Waals surface area contributed by atoms with Gasteiger partial charge in [-0.05, 0) is 32.1 Å². The molecule has 0 saturated carbocycles. The highest BCUT2D eigenvalue weighted by Crippen LogP contribution is 2.23. The van der Waals surface area contributed by atoms with Crippen molar-refractivity contribution < 1.29 is 22.6 Å². The summed E-state index contributed by atoms with van der Waals surface area (Å²) in [7, 11) is 0. The van der Waals surface area contributed by atoms with E-state index in [-0.39, 0.29) is 0 Å². The molecule has 2 nitrogen and oxygen atoms in total. The van der Waals surface area contributed by atoms with Gasteiger partial charge in [0.25, 0.3) is 0 Å². The molecule has 150 valence electrons. The largest absolute Gasteiger partial charge is 0.389 e. The summed E-state index contributed by atoms with van der Waals surface area (Å²) in [6.45, 7) is 2.49. The summed E-state index contributed by atoms with van der Waals surface area (Å²) in [6.07, 6.45) is 10.9. The van der Waals surface area contributed by atoms with Crippen molar-refractivity contribution in [2.24, 2.45) is 0 Å². The van der Waals surface area contributed by atoms with Gasteiger partial charge in [0.15, 0.2) is 0 Å². The van der Waals surface area contributed by atoms with Crippen molar-refractivity contribution in [1.29, 1.82) is 0 Å². The van der Waals surface area contributed by atoms with Crippen LogP contribution in [-0.4, -0.2) is 32.1 Å². The van der Waals surface area contributed by atoms with Crippen molar-refractivity contribution in [1.82, 2.24) is 0 Å². The first-order valence-corrected chi connectivity index (χ1v) is 10.3. The quantitative estimate of drug-likeness (QED) is 0.296. The number of alkyl halides is 3. The van der Waals surface area contributed by atoms with Crippen LogP contribution in [0.2, 0.25) is 0 Å². The maximum absolute atomic E-state index is 12.0. The Balaban J connectivity index is 1.69. The van der Waals surface area contributed by atoms with Gasteiger partial charge < -0.3 is 9.47 Å². The van der Waals surface area contributed by atoms with Crippen molar-refractivity contribution >= 4 is 0 Å². The van der Waals surface area contributed by atoms with Gasteiger partial charge in [-0.2, -0.15) is 13.2 Å². The zero-order valence-electron chi connectivity index (χ0n) is 15.8. The molecule has 1 fully saturated rings. The van der Waals surface area contributed by atoms with Gasteiger partial charge in [-0.1, -0.05) is 57.8 Å². The standard InChI is InChI=1S/C20H37F3O2/c21-20(22,23)15-11-8-6-4-2-1-3-5-7-9-12-16-24-18-19-14-10-13-17-25-19/h19H,1-18H2. The molecule has 0 radical (unpaired) electrons. The molecule has 1 rings (SSSR count). The number of halogens is 3. The number of rotatable bonds is 15. The second kappa shape index (κ2) is 14.8. The van der Waals surface area contributed by atoms with E-state index in [1.165, 1.54) is 44.9 Å². The Labute approximate surface area is 151 Å². The van der Waals surface area contributed by atoms with E-state index < -0.39 is 12.6 Å². The first-order chi connectivity index (χ1) is 12.1. The third-order valence-electron chi connectivity index (χ3n) is 4.83. The molecule has 1 saturated heterocycles. The van der Waals surface area contributed by atoms with E-state index in [0.717, 1.165) is 51.9 Å². The molecule has 0 amide bonds. The monoisotopic (exact) mass is 366 g/mol. The van der Waals surface area contributed by atoms with Crippen LogP contribution in [0.3, 0.4) is 0 Å². The molecule has 0 aromatic rings. The molecular weight excluding hydrogens is 329 g/mol. The van der Waals surface area contributed by atoms with Crippen LogP contribution in [0.1, 0.15) is 96.3 Å². The van der Waals surface area contributed by atoms with Crippen LogP contribution < -0.4 is 0 Å². The molecule has 0 aromatic heterocycles. The SMILES string of the molecule is FC(F)(F)CCCCCCCCCCCCCOCC1CCCCO1. The average molecular weight is 367 g/mol. The zero-order valence-corrected chi connectivity index (χ0v) is 15.8. The molecule has 0 aromatic carbocycles. The minimum Gasteiger partial charge on any atom is -0.379 e. The summed E-state index contributed by atoms with van der Waals surface area (Å²) in [6, 6.07) is 0. The smallest absolute Gasteiger partial charge is 0.379 e. The Hall–Kier alpha value is -0.290. The lowest BCUT2D eigenvalue weighted by atomic mass is 10.1. The van der Waals surface area contributed by atoms with Gasteiger partial charge in [0.05, 0.1) is 12.7 Å². The highest BCUT2D eigenvalue weighted by molar-refractivity contribution is 4.62. The van der Waals surface area contributed by atoms with Gasteiger partial charge in [0, 0.05) is 19.6 Å². The van der Waals surface area contributed by atoms with Crippen molar-refractivity contribution in [3.8, 4) is 0 Å². The fraction of sp³-hybridized carbons (Fsp3) is 1.00. The van der Waals surface area contributed by atoms with Crippen LogP contribution in [0, 0.1) is 0 Å². The third kappa shape index (κ3) is 15.7.